The van der Waals surface area contributed by atoms with E-state index in [2.05, 4.69) is 51.0 Å². The number of aryl methyl sites for hydroxylation is 1. The molecule has 0 saturated carbocycles. The number of fused-ring (bicyclic) bond motifs is 1. The van der Waals surface area contributed by atoms with Gasteiger partial charge in [0.1, 0.15) is 5.82 Å². The van der Waals surface area contributed by atoms with Crippen LogP contribution in [0.3, 0.4) is 0 Å². The Morgan fingerprint density at radius 2 is 2.05 bits per heavy atom. The first-order valence-electron chi connectivity index (χ1n) is 6.12. The topological polar surface area (TPSA) is 54.7 Å². The van der Waals surface area contributed by atoms with E-state index in [0.29, 0.717) is 6.54 Å². The lowest BCUT2D eigenvalue weighted by atomic mass is 10.1. The third kappa shape index (κ3) is 2.29. The average molecular weight is 316 g/mol. The van der Waals surface area contributed by atoms with Crippen molar-refractivity contribution in [3.8, 4) is 11.4 Å². The van der Waals surface area contributed by atoms with Crippen LogP contribution < -0.4 is 5.73 Å². The van der Waals surface area contributed by atoms with Crippen LogP contribution in [0.5, 0.6) is 0 Å². The third-order valence-electron chi connectivity index (χ3n) is 3.16. The summed E-state index contributed by atoms with van der Waals surface area (Å²) in [5, 5.41) is 0. The first-order chi connectivity index (χ1) is 9.17. The van der Waals surface area contributed by atoms with Gasteiger partial charge in [-0.15, -0.1) is 0 Å². The maximum atomic E-state index is 5.66. The van der Waals surface area contributed by atoms with Gasteiger partial charge in [-0.05, 0) is 36.8 Å². The zero-order valence-electron chi connectivity index (χ0n) is 10.6. The van der Waals surface area contributed by atoms with Gasteiger partial charge >= 0.3 is 0 Å². The normalized spacial score (nSPS) is 11.1. The molecule has 0 spiro atoms. The van der Waals surface area contributed by atoms with Gasteiger partial charge in [-0.2, -0.15) is 0 Å². The van der Waals surface area contributed by atoms with Crippen molar-refractivity contribution in [3.05, 3.63) is 52.0 Å². The second-order valence-corrected chi connectivity index (χ2v) is 5.48. The molecule has 2 aromatic carbocycles. The fourth-order valence-electron chi connectivity index (χ4n) is 2.13. The third-order valence-corrected chi connectivity index (χ3v) is 3.85. The molecular weight excluding hydrogens is 302 g/mol. The molecule has 19 heavy (non-hydrogen) atoms. The standard InChI is InChI=1S/C15H14BrN3/c1-9-2-4-12(16)11(6-9)15-18-13-5-3-10(8-17)7-14(13)19-15/h2-7H,8,17H2,1H3,(H,18,19). The van der Waals surface area contributed by atoms with Crippen LogP contribution in [0.25, 0.3) is 22.4 Å². The molecule has 3 rings (SSSR count). The summed E-state index contributed by atoms with van der Waals surface area (Å²) in [6, 6.07) is 12.3. The highest BCUT2D eigenvalue weighted by Crippen LogP contribution is 2.28. The maximum Gasteiger partial charge on any atom is 0.139 e. The Kier molecular flexibility index (Phi) is 3.12. The van der Waals surface area contributed by atoms with Crippen LogP contribution in [0.15, 0.2) is 40.9 Å². The minimum atomic E-state index is 0.540. The number of hydrogen-bond acceptors (Lipinski definition) is 2. The molecule has 96 valence electrons. The molecule has 4 heteroatoms. The van der Waals surface area contributed by atoms with Gasteiger partial charge in [0.05, 0.1) is 11.0 Å². The fraction of sp³-hybridized carbons (Fsp3) is 0.133. The second kappa shape index (κ2) is 4.79. The van der Waals surface area contributed by atoms with Crippen LogP contribution in [-0.4, -0.2) is 9.97 Å². The number of aromatic nitrogens is 2. The number of nitrogens with two attached hydrogens (primary N) is 1. The van der Waals surface area contributed by atoms with Gasteiger partial charge in [0.2, 0.25) is 0 Å². The van der Waals surface area contributed by atoms with Gasteiger partial charge in [-0.25, -0.2) is 4.98 Å². The highest BCUT2D eigenvalue weighted by Gasteiger charge is 2.09. The minimum Gasteiger partial charge on any atom is -0.338 e. The van der Waals surface area contributed by atoms with Crippen molar-refractivity contribution in [1.29, 1.82) is 0 Å². The highest BCUT2D eigenvalue weighted by molar-refractivity contribution is 9.10. The van der Waals surface area contributed by atoms with Crippen LogP contribution >= 0.6 is 15.9 Å². The lowest BCUT2D eigenvalue weighted by molar-refractivity contribution is 1.07. The van der Waals surface area contributed by atoms with Crippen molar-refractivity contribution in [3.63, 3.8) is 0 Å². The molecule has 0 aliphatic carbocycles. The summed E-state index contributed by atoms with van der Waals surface area (Å²) in [6.07, 6.45) is 0. The summed E-state index contributed by atoms with van der Waals surface area (Å²) in [5.41, 5.74) is 11.0. The lowest BCUT2D eigenvalue weighted by Crippen LogP contribution is -1.95. The largest absolute Gasteiger partial charge is 0.338 e. The zero-order valence-corrected chi connectivity index (χ0v) is 12.2. The minimum absolute atomic E-state index is 0.540. The predicted molar refractivity (Wildman–Crippen MR) is 81.9 cm³/mol. The van der Waals surface area contributed by atoms with Crippen LogP contribution in [0.2, 0.25) is 0 Å². The molecule has 3 aromatic rings. The molecule has 1 heterocycles. The van der Waals surface area contributed by atoms with Crippen LogP contribution in [0.1, 0.15) is 11.1 Å². The molecule has 0 bridgehead atoms. The number of benzene rings is 2. The van der Waals surface area contributed by atoms with Gasteiger partial charge < -0.3 is 10.7 Å². The van der Waals surface area contributed by atoms with Crippen molar-refractivity contribution < 1.29 is 0 Å². The SMILES string of the molecule is Cc1ccc(Br)c(-c2nc3ccc(CN)cc3[nH]2)c1. The van der Waals surface area contributed by atoms with Gasteiger partial charge in [-0.1, -0.05) is 33.6 Å². The van der Waals surface area contributed by atoms with Crippen molar-refractivity contribution in [1.82, 2.24) is 9.97 Å². The monoisotopic (exact) mass is 315 g/mol. The molecule has 0 radical (unpaired) electrons. The fourth-order valence-corrected chi connectivity index (χ4v) is 2.57. The number of imidazole rings is 1. The summed E-state index contributed by atoms with van der Waals surface area (Å²) in [7, 11) is 0. The molecule has 0 amide bonds. The molecule has 0 aliphatic rings. The molecule has 0 saturated heterocycles. The Hall–Kier alpha value is -1.65. The Morgan fingerprint density at radius 1 is 1.21 bits per heavy atom. The van der Waals surface area contributed by atoms with Gasteiger partial charge in [0, 0.05) is 16.6 Å². The number of rotatable bonds is 2. The van der Waals surface area contributed by atoms with E-state index in [1.165, 1.54) is 5.56 Å². The highest BCUT2D eigenvalue weighted by atomic mass is 79.9. The Bertz CT molecular complexity index is 746. The number of nitrogens with zero attached hydrogens (tertiary/aromatic N) is 1. The molecule has 0 atom stereocenters. The van der Waals surface area contributed by atoms with E-state index >= 15 is 0 Å². The summed E-state index contributed by atoms with van der Waals surface area (Å²) >= 11 is 3.57. The zero-order chi connectivity index (χ0) is 13.4. The first kappa shape index (κ1) is 12.4. The number of nitrogens with one attached hydrogen (secondary N) is 1. The maximum absolute atomic E-state index is 5.66. The first-order valence-corrected chi connectivity index (χ1v) is 6.92. The van der Waals surface area contributed by atoms with E-state index in [4.69, 9.17) is 5.73 Å². The number of halogens is 1. The van der Waals surface area contributed by atoms with E-state index in [0.717, 1.165) is 32.5 Å². The van der Waals surface area contributed by atoms with Crippen LogP contribution in [-0.2, 0) is 6.54 Å². The van der Waals surface area contributed by atoms with Gasteiger partial charge in [0.15, 0.2) is 0 Å². The van der Waals surface area contributed by atoms with Crippen LogP contribution in [0.4, 0.5) is 0 Å². The molecule has 3 N–H and O–H groups in total. The van der Waals surface area contributed by atoms with E-state index in [9.17, 15) is 0 Å². The summed E-state index contributed by atoms with van der Waals surface area (Å²) in [4.78, 5) is 7.99. The molecule has 0 unspecified atom stereocenters. The summed E-state index contributed by atoms with van der Waals surface area (Å²) in [5.74, 6) is 0.875. The van der Waals surface area contributed by atoms with E-state index < -0.39 is 0 Å². The smallest absolute Gasteiger partial charge is 0.139 e. The van der Waals surface area contributed by atoms with Crippen molar-refractivity contribution in [2.45, 2.75) is 13.5 Å². The van der Waals surface area contributed by atoms with E-state index in [1.54, 1.807) is 0 Å². The molecule has 1 aromatic heterocycles. The molecule has 0 aliphatic heterocycles. The quantitative estimate of drug-likeness (QED) is 0.756. The summed E-state index contributed by atoms with van der Waals surface area (Å²) in [6.45, 7) is 2.61. The Balaban J connectivity index is 2.17. The molecular formula is C15H14BrN3. The van der Waals surface area contributed by atoms with Gasteiger partial charge in [-0.3, -0.25) is 0 Å². The number of aromatic amines is 1. The predicted octanol–water partition coefficient (Wildman–Crippen LogP) is 3.76. The number of hydrogen-bond donors (Lipinski definition) is 2. The van der Waals surface area contributed by atoms with Crippen molar-refractivity contribution in [2.24, 2.45) is 5.73 Å². The lowest BCUT2D eigenvalue weighted by Gasteiger charge is -2.01. The van der Waals surface area contributed by atoms with E-state index in [-0.39, 0.29) is 0 Å². The summed E-state index contributed by atoms with van der Waals surface area (Å²) < 4.78 is 1.04. The van der Waals surface area contributed by atoms with Crippen LogP contribution in [0, 0.1) is 6.92 Å². The Morgan fingerprint density at radius 3 is 2.84 bits per heavy atom. The van der Waals surface area contributed by atoms with Crippen molar-refractivity contribution >= 4 is 27.0 Å². The average Bonchev–Trinajstić information content (AvgIpc) is 2.83. The van der Waals surface area contributed by atoms with E-state index in [1.807, 2.05) is 18.2 Å². The number of H-pyrrole nitrogens is 1. The second-order valence-electron chi connectivity index (χ2n) is 4.62. The Labute approximate surface area is 120 Å². The van der Waals surface area contributed by atoms with Crippen molar-refractivity contribution in [2.75, 3.05) is 0 Å². The molecule has 3 nitrogen and oxygen atoms in total. The van der Waals surface area contributed by atoms with Gasteiger partial charge in [0.25, 0.3) is 0 Å². The molecule has 0 fully saturated rings.